The molecule has 0 radical (unpaired) electrons. The number of carbonyl (C=O) groups is 2. The van der Waals surface area contributed by atoms with Gasteiger partial charge >= 0.3 is 0 Å². The van der Waals surface area contributed by atoms with Crippen LogP contribution in [-0.2, 0) is 26.0 Å². The van der Waals surface area contributed by atoms with Gasteiger partial charge in [-0.2, -0.15) is 4.31 Å². The molecule has 1 aliphatic rings. The predicted molar refractivity (Wildman–Crippen MR) is 110 cm³/mol. The van der Waals surface area contributed by atoms with Gasteiger partial charge in [0.1, 0.15) is 5.82 Å². The van der Waals surface area contributed by atoms with Crippen molar-refractivity contribution in [3.05, 3.63) is 47.7 Å². The summed E-state index contributed by atoms with van der Waals surface area (Å²) >= 11 is 0. The standard InChI is InChI=1S/C20H24N4O4S/c1-14-6-9-19(21-12-14)22-20(26)13-23(3)29(27,28)17-7-8-18-16(11-17)5-4-10-24(18)15(2)25/h6-9,11-12H,4-5,10,13H2,1-3H3,(H,21,22,26). The Hall–Kier alpha value is -2.78. The van der Waals surface area contributed by atoms with Crippen molar-refractivity contribution in [3.63, 3.8) is 0 Å². The highest BCUT2D eigenvalue weighted by atomic mass is 32.2. The monoisotopic (exact) mass is 416 g/mol. The van der Waals surface area contributed by atoms with Crippen LogP contribution in [0.4, 0.5) is 11.5 Å². The number of carbonyl (C=O) groups excluding carboxylic acids is 2. The van der Waals surface area contributed by atoms with Crippen LogP contribution in [0.25, 0.3) is 0 Å². The van der Waals surface area contributed by atoms with E-state index >= 15 is 0 Å². The molecule has 0 saturated carbocycles. The van der Waals surface area contributed by atoms with Gasteiger partial charge in [-0.25, -0.2) is 13.4 Å². The molecule has 8 nitrogen and oxygen atoms in total. The molecule has 0 aliphatic carbocycles. The number of likely N-dealkylation sites (N-methyl/N-ethyl adjacent to an activating group) is 1. The zero-order valence-electron chi connectivity index (χ0n) is 16.7. The average molecular weight is 417 g/mol. The molecule has 0 bridgehead atoms. The van der Waals surface area contributed by atoms with E-state index in [4.69, 9.17) is 0 Å². The molecule has 2 amide bonds. The van der Waals surface area contributed by atoms with E-state index in [1.807, 2.05) is 6.92 Å². The fraction of sp³-hybridized carbons (Fsp3) is 0.350. The minimum atomic E-state index is -3.86. The molecule has 2 aromatic rings. The summed E-state index contributed by atoms with van der Waals surface area (Å²) in [5.41, 5.74) is 2.52. The van der Waals surface area contributed by atoms with Gasteiger partial charge in [0.15, 0.2) is 0 Å². The molecule has 0 spiro atoms. The van der Waals surface area contributed by atoms with Gasteiger partial charge in [0.2, 0.25) is 21.8 Å². The van der Waals surface area contributed by atoms with Gasteiger partial charge in [-0.15, -0.1) is 0 Å². The van der Waals surface area contributed by atoms with Crippen molar-refractivity contribution >= 4 is 33.3 Å². The Balaban J connectivity index is 1.75. The maximum absolute atomic E-state index is 12.9. The first-order valence-electron chi connectivity index (χ1n) is 9.28. The zero-order chi connectivity index (χ0) is 21.2. The van der Waals surface area contributed by atoms with Gasteiger partial charge < -0.3 is 10.2 Å². The predicted octanol–water partition coefficient (Wildman–Crippen LogP) is 1.95. The maximum atomic E-state index is 12.9. The largest absolute Gasteiger partial charge is 0.312 e. The number of aromatic nitrogens is 1. The van der Waals surface area contributed by atoms with Crippen LogP contribution >= 0.6 is 0 Å². The van der Waals surface area contributed by atoms with Gasteiger partial charge in [0.25, 0.3) is 0 Å². The molecular formula is C20H24N4O4S. The van der Waals surface area contributed by atoms with Crippen molar-refractivity contribution < 1.29 is 18.0 Å². The van der Waals surface area contributed by atoms with Crippen molar-refractivity contribution in [2.45, 2.75) is 31.6 Å². The van der Waals surface area contributed by atoms with Crippen molar-refractivity contribution in [2.24, 2.45) is 0 Å². The van der Waals surface area contributed by atoms with Crippen LogP contribution in [0.3, 0.4) is 0 Å². The highest BCUT2D eigenvalue weighted by Gasteiger charge is 2.26. The fourth-order valence-corrected chi connectivity index (χ4v) is 4.43. The molecule has 29 heavy (non-hydrogen) atoms. The third kappa shape index (κ3) is 4.63. The summed E-state index contributed by atoms with van der Waals surface area (Å²) < 4.78 is 26.8. The molecular weight excluding hydrogens is 392 g/mol. The van der Waals surface area contributed by atoms with Crippen molar-refractivity contribution in [2.75, 3.05) is 30.4 Å². The lowest BCUT2D eigenvalue weighted by Gasteiger charge is -2.29. The van der Waals surface area contributed by atoms with Gasteiger partial charge in [-0.3, -0.25) is 9.59 Å². The molecule has 0 fully saturated rings. The molecule has 1 aromatic heterocycles. The number of amides is 2. The highest BCUT2D eigenvalue weighted by molar-refractivity contribution is 7.89. The van der Waals surface area contributed by atoms with E-state index in [9.17, 15) is 18.0 Å². The first kappa shape index (κ1) is 20.9. The number of pyridine rings is 1. The number of aryl methyl sites for hydroxylation is 2. The Morgan fingerprint density at radius 1 is 1.24 bits per heavy atom. The number of nitrogens with zero attached hydrogens (tertiary/aromatic N) is 3. The molecule has 3 rings (SSSR count). The summed E-state index contributed by atoms with van der Waals surface area (Å²) in [6, 6.07) is 8.19. The third-order valence-electron chi connectivity index (χ3n) is 4.80. The Kier molecular flexibility index (Phi) is 5.99. The van der Waals surface area contributed by atoms with Gasteiger partial charge in [-0.05, 0) is 55.2 Å². The lowest BCUT2D eigenvalue weighted by atomic mass is 10.0. The lowest BCUT2D eigenvalue weighted by Crippen LogP contribution is -2.36. The van der Waals surface area contributed by atoms with E-state index in [2.05, 4.69) is 10.3 Å². The van der Waals surface area contributed by atoms with Crippen LogP contribution in [0.15, 0.2) is 41.4 Å². The van der Waals surface area contributed by atoms with Gasteiger partial charge in [0, 0.05) is 32.4 Å². The topological polar surface area (TPSA) is 99.7 Å². The molecule has 2 heterocycles. The summed E-state index contributed by atoms with van der Waals surface area (Å²) in [6.07, 6.45) is 3.09. The van der Waals surface area contributed by atoms with Crippen molar-refractivity contribution in [3.8, 4) is 0 Å². The van der Waals surface area contributed by atoms with Crippen LogP contribution < -0.4 is 10.2 Å². The third-order valence-corrected chi connectivity index (χ3v) is 6.60. The van der Waals surface area contributed by atoms with Crippen LogP contribution in [-0.4, -0.2) is 49.7 Å². The van der Waals surface area contributed by atoms with Gasteiger partial charge in [0.05, 0.1) is 11.4 Å². The zero-order valence-corrected chi connectivity index (χ0v) is 17.5. The minimum absolute atomic E-state index is 0.0694. The number of hydrogen-bond donors (Lipinski definition) is 1. The Morgan fingerprint density at radius 3 is 2.66 bits per heavy atom. The van der Waals surface area contributed by atoms with Crippen LogP contribution in [0.5, 0.6) is 0 Å². The van der Waals surface area contributed by atoms with Crippen molar-refractivity contribution in [1.29, 1.82) is 0 Å². The Labute approximate surface area is 170 Å². The summed E-state index contributed by atoms with van der Waals surface area (Å²) in [5, 5.41) is 2.59. The van der Waals surface area contributed by atoms with E-state index in [0.717, 1.165) is 27.5 Å². The fourth-order valence-electron chi connectivity index (χ4n) is 3.25. The second kappa shape index (κ2) is 8.30. The number of fused-ring (bicyclic) bond motifs is 1. The number of nitrogens with one attached hydrogen (secondary N) is 1. The Morgan fingerprint density at radius 2 is 2.00 bits per heavy atom. The summed E-state index contributed by atoms with van der Waals surface area (Å²) in [4.78, 5) is 29.9. The number of sulfonamides is 1. The van der Waals surface area contributed by atoms with E-state index in [1.54, 1.807) is 35.4 Å². The molecule has 154 valence electrons. The SMILES string of the molecule is CC(=O)N1CCCc2cc(S(=O)(=O)N(C)CC(=O)Nc3ccc(C)cn3)ccc21. The van der Waals surface area contributed by atoms with Crippen LogP contribution in [0, 0.1) is 6.92 Å². The Bertz CT molecular complexity index is 1030. The van der Waals surface area contributed by atoms with E-state index < -0.39 is 15.9 Å². The van der Waals surface area contributed by atoms with E-state index in [-0.39, 0.29) is 17.3 Å². The second-order valence-electron chi connectivity index (χ2n) is 7.09. The number of benzene rings is 1. The van der Waals surface area contributed by atoms with E-state index in [0.29, 0.717) is 18.8 Å². The summed E-state index contributed by atoms with van der Waals surface area (Å²) in [6.45, 7) is 3.66. The maximum Gasteiger partial charge on any atom is 0.243 e. The molecule has 1 aliphatic heterocycles. The van der Waals surface area contributed by atoms with Crippen molar-refractivity contribution in [1.82, 2.24) is 9.29 Å². The van der Waals surface area contributed by atoms with E-state index in [1.165, 1.54) is 20.0 Å². The average Bonchev–Trinajstić information content (AvgIpc) is 2.68. The molecule has 0 unspecified atom stereocenters. The number of anilines is 2. The summed E-state index contributed by atoms with van der Waals surface area (Å²) in [7, 11) is -2.50. The summed E-state index contributed by atoms with van der Waals surface area (Å²) in [5.74, 6) is -0.183. The molecule has 1 N–H and O–H groups in total. The van der Waals surface area contributed by atoms with Crippen LogP contribution in [0.2, 0.25) is 0 Å². The number of hydrogen-bond acceptors (Lipinski definition) is 5. The normalized spacial score (nSPS) is 13.9. The minimum Gasteiger partial charge on any atom is -0.312 e. The molecule has 0 atom stereocenters. The molecule has 9 heteroatoms. The first-order chi connectivity index (χ1) is 13.7. The smallest absolute Gasteiger partial charge is 0.243 e. The number of rotatable bonds is 5. The van der Waals surface area contributed by atoms with Gasteiger partial charge in [-0.1, -0.05) is 6.07 Å². The molecule has 1 aromatic carbocycles. The quantitative estimate of drug-likeness (QED) is 0.803. The first-order valence-corrected chi connectivity index (χ1v) is 10.7. The second-order valence-corrected chi connectivity index (χ2v) is 9.14. The van der Waals surface area contributed by atoms with Crippen LogP contribution in [0.1, 0.15) is 24.5 Å². The highest BCUT2D eigenvalue weighted by Crippen LogP contribution is 2.30. The molecule has 0 saturated heterocycles. The lowest BCUT2D eigenvalue weighted by molar-refractivity contribution is -0.117.